The van der Waals surface area contributed by atoms with Crippen LogP contribution in [0, 0.1) is 6.92 Å². The molecule has 0 spiro atoms. The second-order valence-corrected chi connectivity index (χ2v) is 6.91. The van der Waals surface area contributed by atoms with Crippen LogP contribution < -0.4 is 0 Å². The van der Waals surface area contributed by atoms with Crippen molar-refractivity contribution in [3.8, 4) is 16.9 Å². The third-order valence-corrected chi connectivity index (χ3v) is 4.92. The number of benzene rings is 2. The van der Waals surface area contributed by atoms with Crippen molar-refractivity contribution in [3.63, 3.8) is 0 Å². The van der Waals surface area contributed by atoms with Gasteiger partial charge in [0.05, 0.1) is 22.1 Å². The lowest BCUT2D eigenvalue weighted by Gasteiger charge is -2.11. The molecule has 0 amide bonds. The summed E-state index contributed by atoms with van der Waals surface area (Å²) in [7, 11) is 0. The van der Waals surface area contributed by atoms with Crippen LogP contribution in [0.4, 0.5) is 0 Å². The van der Waals surface area contributed by atoms with Crippen molar-refractivity contribution >= 4 is 50.7 Å². The number of hydrogen-bond donors (Lipinski definition) is 0. The minimum absolute atomic E-state index is 0.552. The van der Waals surface area contributed by atoms with E-state index >= 15 is 0 Å². The van der Waals surface area contributed by atoms with Crippen LogP contribution in [0.15, 0.2) is 42.5 Å². The molecule has 0 aliphatic heterocycles. The molecule has 3 rings (SSSR count). The zero-order valence-corrected chi connectivity index (χ0v) is 16.0. The van der Waals surface area contributed by atoms with E-state index in [-0.39, 0.29) is 0 Å². The molecule has 0 saturated heterocycles. The fraction of sp³-hybridized carbons (Fsp3) is 0.118. The van der Waals surface area contributed by atoms with Gasteiger partial charge in [-0.15, -0.1) is 0 Å². The summed E-state index contributed by atoms with van der Waals surface area (Å²) >= 11 is 21.9. The Hall–Kier alpha value is -1.00. The Kier molecular flexibility index (Phi) is 5.02. The van der Waals surface area contributed by atoms with Gasteiger partial charge >= 0.3 is 0 Å². The number of rotatable bonds is 3. The van der Waals surface area contributed by atoms with E-state index in [1.54, 1.807) is 12.1 Å². The Morgan fingerprint density at radius 2 is 1.65 bits per heavy atom. The molecule has 2 aromatic carbocycles. The summed E-state index contributed by atoms with van der Waals surface area (Å²) in [5, 5.41) is 7.20. The van der Waals surface area contributed by atoms with Crippen LogP contribution in [0.1, 0.15) is 11.3 Å². The third kappa shape index (κ3) is 3.29. The molecule has 1 aromatic heterocycles. The van der Waals surface area contributed by atoms with Gasteiger partial charge < -0.3 is 0 Å². The fourth-order valence-electron chi connectivity index (χ4n) is 2.44. The summed E-state index contributed by atoms with van der Waals surface area (Å²) in [4.78, 5) is 0. The predicted molar refractivity (Wildman–Crippen MR) is 101 cm³/mol. The lowest BCUT2D eigenvalue weighted by atomic mass is 10.1. The lowest BCUT2D eigenvalue weighted by molar-refractivity contribution is 0.867. The zero-order chi connectivity index (χ0) is 16.6. The van der Waals surface area contributed by atoms with E-state index < -0.39 is 0 Å². The van der Waals surface area contributed by atoms with Gasteiger partial charge in [-0.3, -0.25) is 0 Å². The van der Waals surface area contributed by atoms with E-state index in [4.69, 9.17) is 39.9 Å². The van der Waals surface area contributed by atoms with Gasteiger partial charge in [0.2, 0.25) is 0 Å². The highest BCUT2D eigenvalue weighted by molar-refractivity contribution is 9.08. The van der Waals surface area contributed by atoms with Gasteiger partial charge in [0.1, 0.15) is 0 Å². The van der Waals surface area contributed by atoms with Gasteiger partial charge in [0.25, 0.3) is 0 Å². The first kappa shape index (κ1) is 16.8. The monoisotopic (exact) mass is 428 g/mol. The van der Waals surface area contributed by atoms with Crippen molar-refractivity contribution in [2.75, 3.05) is 0 Å². The van der Waals surface area contributed by atoms with Gasteiger partial charge in [-0.2, -0.15) is 5.10 Å². The SMILES string of the molecule is Cc1c(CBr)nn(-c2ccc(Cl)cc2Cl)c1-c1ccc(Cl)cc1. The Bertz CT molecular complexity index is 857. The predicted octanol–water partition coefficient (Wildman–Crippen LogP) is 6.70. The molecular formula is C17H12BrCl3N2. The Morgan fingerprint density at radius 1 is 1.00 bits per heavy atom. The van der Waals surface area contributed by atoms with Gasteiger partial charge in [-0.05, 0) is 42.8 Å². The number of alkyl halides is 1. The van der Waals surface area contributed by atoms with Crippen LogP contribution in [-0.2, 0) is 5.33 Å². The molecule has 0 atom stereocenters. The van der Waals surface area contributed by atoms with Crippen LogP contribution >= 0.6 is 50.7 Å². The average molecular weight is 431 g/mol. The highest BCUT2D eigenvalue weighted by atomic mass is 79.9. The molecule has 0 aliphatic rings. The minimum Gasteiger partial charge on any atom is -0.231 e. The highest BCUT2D eigenvalue weighted by Gasteiger charge is 2.18. The first-order valence-corrected chi connectivity index (χ1v) is 9.12. The molecule has 0 bridgehead atoms. The topological polar surface area (TPSA) is 17.8 Å². The van der Waals surface area contributed by atoms with Crippen LogP contribution in [0.5, 0.6) is 0 Å². The van der Waals surface area contributed by atoms with Gasteiger partial charge in [-0.1, -0.05) is 62.9 Å². The number of halogens is 4. The van der Waals surface area contributed by atoms with Crippen LogP contribution in [0.25, 0.3) is 16.9 Å². The van der Waals surface area contributed by atoms with Crippen molar-refractivity contribution < 1.29 is 0 Å². The van der Waals surface area contributed by atoms with E-state index in [1.165, 1.54) is 0 Å². The standard InChI is InChI=1S/C17H12BrCl3N2/c1-10-15(9-18)22-23(16-7-6-13(20)8-14(16)21)17(10)11-2-4-12(19)5-3-11/h2-8H,9H2,1H3. The number of aromatic nitrogens is 2. The van der Waals surface area contributed by atoms with Crippen molar-refractivity contribution in [2.45, 2.75) is 12.3 Å². The minimum atomic E-state index is 0.552. The normalized spacial score (nSPS) is 11.0. The van der Waals surface area contributed by atoms with Crippen LogP contribution in [0.2, 0.25) is 15.1 Å². The van der Waals surface area contributed by atoms with Gasteiger partial charge in [0.15, 0.2) is 0 Å². The summed E-state index contributed by atoms with van der Waals surface area (Å²) in [5.41, 5.74) is 4.85. The molecule has 2 nitrogen and oxygen atoms in total. The third-order valence-electron chi connectivity index (χ3n) is 3.60. The molecule has 23 heavy (non-hydrogen) atoms. The Labute approximate surface area is 158 Å². The van der Waals surface area contributed by atoms with Crippen molar-refractivity contribution in [2.24, 2.45) is 0 Å². The van der Waals surface area contributed by atoms with Crippen molar-refractivity contribution in [3.05, 3.63) is 68.8 Å². The molecule has 118 valence electrons. The molecule has 0 N–H and O–H groups in total. The van der Waals surface area contributed by atoms with Crippen molar-refractivity contribution in [1.29, 1.82) is 0 Å². The van der Waals surface area contributed by atoms with E-state index in [9.17, 15) is 0 Å². The summed E-state index contributed by atoms with van der Waals surface area (Å²) < 4.78 is 1.85. The molecule has 6 heteroatoms. The van der Waals surface area contributed by atoms with E-state index in [2.05, 4.69) is 15.9 Å². The maximum Gasteiger partial charge on any atom is 0.0840 e. The highest BCUT2D eigenvalue weighted by Crippen LogP contribution is 2.33. The Morgan fingerprint density at radius 3 is 2.26 bits per heavy atom. The number of nitrogens with zero attached hydrogens (tertiary/aromatic N) is 2. The summed E-state index contributed by atoms with van der Waals surface area (Å²) in [6, 6.07) is 13.1. The van der Waals surface area contributed by atoms with Gasteiger partial charge in [-0.25, -0.2) is 4.68 Å². The van der Waals surface area contributed by atoms with Crippen molar-refractivity contribution in [1.82, 2.24) is 9.78 Å². The molecule has 0 radical (unpaired) electrons. The van der Waals surface area contributed by atoms with E-state index in [1.807, 2.05) is 41.9 Å². The molecule has 0 saturated carbocycles. The summed E-state index contributed by atoms with van der Waals surface area (Å²) in [6.45, 7) is 2.05. The molecule has 0 aliphatic carbocycles. The van der Waals surface area contributed by atoms with E-state index in [0.29, 0.717) is 20.4 Å². The second-order valence-electron chi connectivity index (χ2n) is 5.07. The first-order valence-electron chi connectivity index (χ1n) is 6.87. The summed E-state index contributed by atoms with van der Waals surface area (Å²) in [6.07, 6.45) is 0. The molecule has 0 unspecified atom stereocenters. The molecule has 3 aromatic rings. The first-order chi connectivity index (χ1) is 11.0. The quantitative estimate of drug-likeness (QED) is 0.423. The van der Waals surface area contributed by atoms with Crippen LogP contribution in [-0.4, -0.2) is 9.78 Å². The zero-order valence-electron chi connectivity index (χ0n) is 12.2. The largest absolute Gasteiger partial charge is 0.231 e. The second kappa shape index (κ2) is 6.86. The molecule has 0 fully saturated rings. The van der Waals surface area contributed by atoms with Gasteiger partial charge in [0, 0.05) is 20.9 Å². The maximum atomic E-state index is 6.38. The maximum absolute atomic E-state index is 6.38. The smallest absolute Gasteiger partial charge is 0.0840 e. The average Bonchev–Trinajstić information content (AvgIpc) is 2.85. The van der Waals surface area contributed by atoms with Crippen LogP contribution in [0.3, 0.4) is 0 Å². The number of hydrogen-bond acceptors (Lipinski definition) is 1. The lowest BCUT2D eigenvalue weighted by Crippen LogP contribution is -2.00. The summed E-state index contributed by atoms with van der Waals surface area (Å²) in [5.74, 6) is 0. The molecule has 1 heterocycles. The molecular weight excluding hydrogens is 418 g/mol. The van der Waals surface area contributed by atoms with E-state index in [0.717, 1.165) is 28.2 Å². The Balaban J connectivity index is 2.26. The fourth-order valence-corrected chi connectivity index (χ4v) is 3.59.